The van der Waals surface area contributed by atoms with Crippen LogP contribution in [-0.2, 0) is 9.53 Å². The van der Waals surface area contributed by atoms with Crippen LogP contribution >= 0.6 is 0 Å². The third-order valence-corrected chi connectivity index (χ3v) is 4.57. The van der Waals surface area contributed by atoms with Gasteiger partial charge in [0.05, 0.1) is 6.10 Å². The first-order chi connectivity index (χ1) is 8.36. The van der Waals surface area contributed by atoms with Crippen LogP contribution < -0.4 is 11.1 Å². The van der Waals surface area contributed by atoms with E-state index in [4.69, 9.17) is 10.5 Å². The van der Waals surface area contributed by atoms with Crippen molar-refractivity contribution in [3.05, 3.63) is 0 Å². The topological polar surface area (TPSA) is 64.3 Å². The Kier molecular flexibility index (Phi) is 3.70. The molecule has 0 aromatic heterocycles. The predicted octanol–water partition coefficient (Wildman–Crippen LogP) is 1.44. The second kappa shape index (κ2) is 4.82. The molecule has 0 radical (unpaired) electrons. The zero-order chi connectivity index (χ0) is 13.4. The van der Waals surface area contributed by atoms with Crippen molar-refractivity contribution in [3.63, 3.8) is 0 Å². The summed E-state index contributed by atoms with van der Waals surface area (Å²) in [7, 11) is 0. The van der Waals surface area contributed by atoms with E-state index >= 15 is 0 Å². The molecule has 3 unspecified atom stereocenters. The van der Waals surface area contributed by atoms with Gasteiger partial charge in [0.25, 0.3) is 0 Å². The fraction of sp³-hybridized carbons (Fsp3) is 0.929. The van der Waals surface area contributed by atoms with E-state index in [0.717, 1.165) is 38.8 Å². The van der Waals surface area contributed by atoms with Gasteiger partial charge in [-0.25, -0.2) is 0 Å². The summed E-state index contributed by atoms with van der Waals surface area (Å²) in [6, 6.07) is 0. The number of amides is 1. The van der Waals surface area contributed by atoms with Crippen LogP contribution in [0.25, 0.3) is 0 Å². The standard InChI is InChI=1S/C14H26N2O2/c1-10-7-13(2,3)9-14(10,12(15)17)16-8-11-5-4-6-18-11/h10-11,16H,4-9H2,1-3H3,(H2,15,17). The minimum Gasteiger partial charge on any atom is -0.377 e. The summed E-state index contributed by atoms with van der Waals surface area (Å²) in [5, 5.41) is 3.44. The molecule has 104 valence electrons. The van der Waals surface area contributed by atoms with Crippen LogP contribution in [0.1, 0.15) is 46.5 Å². The van der Waals surface area contributed by atoms with E-state index in [9.17, 15) is 4.79 Å². The molecule has 0 aromatic rings. The van der Waals surface area contributed by atoms with Crippen LogP contribution in [0.4, 0.5) is 0 Å². The second-order valence-electron chi connectivity index (χ2n) is 6.80. The third kappa shape index (κ3) is 2.54. The summed E-state index contributed by atoms with van der Waals surface area (Å²) in [5.41, 5.74) is 5.32. The van der Waals surface area contributed by atoms with E-state index in [1.165, 1.54) is 0 Å². The van der Waals surface area contributed by atoms with Crippen molar-refractivity contribution in [2.24, 2.45) is 17.1 Å². The van der Waals surface area contributed by atoms with Crippen LogP contribution in [0.2, 0.25) is 0 Å². The van der Waals surface area contributed by atoms with Gasteiger partial charge in [-0.15, -0.1) is 0 Å². The van der Waals surface area contributed by atoms with E-state index in [0.29, 0.717) is 0 Å². The Morgan fingerprint density at radius 3 is 2.67 bits per heavy atom. The molecule has 0 bridgehead atoms. The van der Waals surface area contributed by atoms with Crippen LogP contribution in [0.5, 0.6) is 0 Å². The Morgan fingerprint density at radius 1 is 1.50 bits per heavy atom. The number of rotatable bonds is 4. The van der Waals surface area contributed by atoms with Gasteiger partial charge >= 0.3 is 0 Å². The lowest BCUT2D eigenvalue weighted by Gasteiger charge is -2.33. The van der Waals surface area contributed by atoms with Gasteiger partial charge in [0.15, 0.2) is 0 Å². The molecule has 1 aliphatic carbocycles. The zero-order valence-corrected chi connectivity index (χ0v) is 11.8. The lowest BCUT2D eigenvalue weighted by molar-refractivity contribution is -0.126. The van der Waals surface area contributed by atoms with Crippen molar-refractivity contribution >= 4 is 5.91 Å². The molecule has 3 atom stereocenters. The number of carbonyl (C=O) groups excluding carboxylic acids is 1. The summed E-state index contributed by atoms with van der Waals surface area (Å²) in [4.78, 5) is 11.9. The monoisotopic (exact) mass is 254 g/mol. The quantitative estimate of drug-likeness (QED) is 0.798. The van der Waals surface area contributed by atoms with Gasteiger partial charge in [-0.1, -0.05) is 20.8 Å². The molecular formula is C14H26N2O2. The van der Waals surface area contributed by atoms with Crippen LogP contribution in [0.15, 0.2) is 0 Å². The number of hydrogen-bond donors (Lipinski definition) is 2. The Hall–Kier alpha value is -0.610. The van der Waals surface area contributed by atoms with Gasteiger partial charge in [0, 0.05) is 13.2 Å². The number of carbonyl (C=O) groups is 1. The largest absolute Gasteiger partial charge is 0.377 e. The Bertz CT molecular complexity index is 324. The summed E-state index contributed by atoms with van der Waals surface area (Å²) < 4.78 is 5.61. The fourth-order valence-corrected chi connectivity index (χ4v) is 3.76. The Morgan fingerprint density at radius 2 is 2.22 bits per heavy atom. The average Bonchev–Trinajstić information content (AvgIpc) is 2.82. The van der Waals surface area contributed by atoms with Crippen LogP contribution in [-0.4, -0.2) is 30.7 Å². The van der Waals surface area contributed by atoms with Crippen molar-refractivity contribution in [2.45, 2.75) is 58.1 Å². The molecule has 1 aliphatic heterocycles. The molecule has 0 aromatic carbocycles. The van der Waals surface area contributed by atoms with Gasteiger partial charge in [0.2, 0.25) is 5.91 Å². The number of primary amides is 1. The zero-order valence-electron chi connectivity index (χ0n) is 11.8. The molecule has 4 nitrogen and oxygen atoms in total. The lowest BCUT2D eigenvalue weighted by atomic mass is 9.85. The highest BCUT2D eigenvalue weighted by Gasteiger charge is 2.52. The molecule has 0 spiro atoms. The van der Waals surface area contributed by atoms with E-state index in [-0.39, 0.29) is 23.3 Å². The first-order valence-electron chi connectivity index (χ1n) is 7.02. The maximum atomic E-state index is 11.9. The third-order valence-electron chi connectivity index (χ3n) is 4.57. The van der Waals surface area contributed by atoms with Crippen molar-refractivity contribution in [1.29, 1.82) is 0 Å². The van der Waals surface area contributed by atoms with E-state index < -0.39 is 5.54 Å². The number of nitrogens with two attached hydrogens (primary N) is 1. The number of ether oxygens (including phenoxy) is 1. The summed E-state index contributed by atoms with van der Waals surface area (Å²) in [6.07, 6.45) is 4.31. The first kappa shape index (κ1) is 13.8. The normalized spacial score (nSPS) is 39.1. The van der Waals surface area contributed by atoms with Gasteiger partial charge in [0.1, 0.15) is 5.54 Å². The second-order valence-corrected chi connectivity index (χ2v) is 6.80. The van der Waals surface area contributed by atoms with Crippen LogP contribution in [0, 0.1) is 11.3 Å². The van der Waals surface area contributed by atoms with Crippen molar-refractivity contribution in [3.8, 4) is 0 Å². The molecule has 1 heterocycles. The van der Waals surface area contributed by atoms with Gasteiger partial charge < -0.3 is 15.8 Å². The van der Waals surface area contributed by atoms with Gasteiger partial charge in [-0.3, -0.25) is 4.79 Å². The summed E-state index contributed by atoms with van der Waals surface area (Å²) >= 11 is 0. The summed E-state index contributed by atoms with van der Waals surface area (Å²) in [5.74, 6) is 0.0741. The first-order valence-corrected chi connectivity index (χ1v) is 7.02. The van der Waals surface area contributed by atoms with Gasteiger partial charge in [-0.05, 0) is 37.0 Å². The highest BCUT2D eigenvalue weighted by atomic mass is 16.5. The SMILES string of the molecule is CC1CC(C)(C)CC1(NCC1CCCO1)C(N)=O. The number of hydrogen-bond acceptors (Lipinski definition) is 3. The molecular weight excluding hydrogens is 228 g/mol. The van der Waals surface area contributed by atoms with Gasteiger partial charge in [-0.2, -0.15) is 0 Å². The van der Waals surface area contributed by atoms with E-state index in [1.54, 1.807) is 0 Å². The molecule has 1 amide bonds. The molecule has 2 rings (SSSR count). The smallest absolute Gasteiger partial charge is 0.238 e. The Labute approximate surface area is 110 Å². The maximum Gasteiger partial charge on any atom is 0.238 e. The lowest BCUT2D eigenvalue weighted by Crippen LogP contribution is -2.59. The van der Waals surface area contributed by atoms with Crippen LogP contribution in [0.3, 0.4) is 0 Å². The van der Waals surface area contributed by atoms with Crippen molar-refractivity contribution < 1.29 is 9.53 Å². The molecule has 18 heavy (non-hydrogen) atoms. The molecule has 2 aliphatic rings. The average molecular weight is 254 g/mol. The maximum absolute atomic E-state index is 11.9. The fourth-order valence-electron chi connectivity index (χ4n) is 3.76. The summed E-state index contributed by atoms with van der Waals surface area (Å²) in [6.45, 7) is 8.13. The predicted molar refractivity (Wildman–Crippen MR) is 71.1 cm³/mol. The molecule has 3 N–H and O–H groups in total. The highest BCUT2D eigenvalue weighted by Crippen LogP contribution is 2.47. The molecule has 2 fully saturated rings. The van der Waals surface area contributed by atoms with Crippen molar-refractivity contribution in [2.75, 3.05) is 13.2 Å². The number of nitrogens with one attached hydrogen (secondary N) is 1. The Balaban J connectivity index is 2.05. The molecule has 4 heteroatoms. The van der Waals surface area contributed by atoms with E-state index in [1.807, 2.05) is 0 Å². The minimum atomic E-state index is -0.546. The highest BCUT2D eigenvalue weighted by molar-refractivity contribution is 5.85. The molecule has 1 saturated carbocycles. The van der Waals surface area contributed by atoms with Crippen molar-refractivity contribution in [1.82, 2.24) is 5.32 Å². The minimum absolute atomic E-state index is 0.179. The molecule has 1 saturated heterocycles. The van der Waals surface area contributed by atoms with E-state index in [2.05, 4.69) is 26.1 Å².